The molecule has 1 heterocycles. The van der Waals surface area contributed by atoms with Gasteiger partial charge in [0.15, 0.2) is 4.67 Å². The molecule has 0 bridgehead atoms. The number of nitrogens with one attached hydrogen (secondary N) is 1. The van der Waals surface area contributed by atoms with Crippen molar-refractivity contribution in [2.75, 3.05) is 0 Å². The minimum atomic E-state index is -0.154. The van der Waals surface area contributed by atoms with Crippen molar-refractivity contribution in [1.82, 2.24) is 5.43 Å². The van der Waals surface area contributed by atoms with Crippen molar-refractivity contribution < 1.29 is 9.21 Å². The van der Waals surface area contributed by atoms with Crippen LogP contribution in [0.1, 0.15) is 22.5 Å². The number of carbonyl (C=O) groups excluding carboxylic acids is 1. The van der Waals surface area contributed by atoms with Crippen LogP contribution in [0.2, 0.25) is 0 Å². The molecule has 1 aromatic heterocycles. The monoisotopic (exact) mass is 334 g/mol. The van der Waals surface area contributed by atoms with Gasteiger partial charge in [0.2, 0.25) is 5.91 Å². The molecule has 0 saturated carbocycles. The predicted octanol–water partition coefficient (Wildman–Crippen LogP) is 3.35. The molecule has 104 valence electrons. The molecule has 1 amide bonds. The summed E-state index contributed by atoms with van der Waals surface area (Å²) in [6.07, 6.45) is 1.77. The fourth-order valence-corrected chi connectivity index (χ4v) is 2.14. The zero-order valence-corrected chi connectivity index (χ0v) is 12.9. The summed E-state index contributed by atoms with van der Waals surface area (Å²) in [7, 11) is 0. The molecule has 1 aromatic carbocycles. The molecule has 0 atom stereocenters. The smallest absolute Gasteiger partial charge is 0.244 e. The van der Waals surface area contributed by atoms with Crippen molar-refractivity contribution in [2.45, 2.75) is 20.3 Å². The van der Waals surface area contributed by atoms with Gasteiger partial charge in [-0.05, 0) is 53.0 Å². The van der Waals surface area contributed by atoms with Gasteiger partial charge >= 0.3 is 0 Å². The number of amides is 1. The van der Waals surface area contributed by atoms with E-state index >= 15 is 0 Å². The average Bonchev–Trinajstić information content (AvgIpc) is 2.79. The lowest BCUT2D eigenvalue weighted by Gasteiger charge is -2.05. The number of benzene rings is 1. The standard InChI is InChI=1S/C15H15BrN2O2/c1-10-3-4-12(11(2)7-10)8-15(19)18-17-9-13-5-6-14(16)20-13/h3-7,9H,8H2,1-2H3,(H,18,19)/b17-9+. The number of hydrogen-bond acceptors (Lipinski definition) is 3. The first-order chi connectivity index (χ1) is 9.54. The maximum atomic E-state index is 11.8. The summed E-state index contributed by atoms with van der Waals surface area (Å²) in [6.45, 7) is 4.03. The van der Waals surface area contributed by atoms with Gasteiger partial charge in [-0.2, -0.15) is 5.10 Å². The van der Waals surface area contributed by atoms with Crippen LogP contribution in [-0.4, -0.2) is 12.1 Å². The molecule has 2 rings (SSSR count). The van der Waals surface area contributed by atoms with E-state index in [4.69, 9.17) is 4.42 Å². The number of carbonyl (C=O) groups is 1. The number of rotatable bonds is 4. The fourth-order valence-electron chi connectivity index (χ4n) is 1.82. The molecule has 0 saturated heterocycles. The van der Waals surface area contributed by atoms with E-state index in [2.05, 4.69) is 32.5 Å². The summed E-state index contributed by atoms with van der Waals surface area (Å²) in [5.41, 5.74) is 5.79. The topological polar surface area (TPSA) is 54.6 Å². The Morgan fingerprint density at radius 2 is 2.15 bits per heavy atom. The second kappa shape index (κ2) is 6.52. The Hall–Kier alpha value is -1.88. The van der Waals surface area contributed by atoms with E-state index in [0.717, 1.165) is 11.1 Å². The predicted molar refractivity (Wildman–Crippen MR) is 81.8 cm³/mol. The molecular formula is C15H15BrN2O2. The highest BCUT2D eigenvalue weighted by molar-refractivity contribution is 9.10. The van der Waals surface area contributed by atoms with Crippen molar-refractivity contribution in [2.24, 2.45) is 5.10 Å². The largest absolute Gasteiger partial charge is 0.448 e. The van der Waals surface area contributed by atoms with Crippen LogP contribution >= 0.6 is 15.9 Å². The number of halogens is 1. The third kappa shape index (κ3) is 4.06. The number of furan rings is 1. The second-order valence-corrected chi connectivity index (χ2v) is 5.32. The van der Waals surface area contributed by atoms with Gasteiger partial charge in [0.1, 0.15) is 5.76 Å². The minimum absolute atomic E-state index is 0.154. The van der Waals surface area contributed by atoms with E-state index in [9.17, 15) is 4.79 Å². The average molecular weight is 335 g/mol. The number of aryl methyl sites for hydroxylation is 2. The minimum Gasteiger partial charge on any atom is -0.448 e. The second-order valence-electron chi connectivity index (χ2n) is 4.54. The summed E-state index contributed by atoms with van der Waals surface area (Å²) in [6, 6.07) is 9.55. The molecule has 0 unspecified atom stereocenters. The molecule has 0 aliphatic rings. The molecule has 0 fully saturated rings. The molecule has 5 heteroatoms. The SMILES string of the molecule is Cc1ccc(CC(=O)N/N=C/c2ccc(Br)o2)c(C)c1. The van der Waals surface area contributed by atoms with Crippen LogP contribution in [0.25, 0.3) is 0 Å². The first-order valence-corrected chi connectivity index (χ1v) is 6.97. The maximum Gasteiger partial charge on any atom is 0.244 e. The van der Waals surface area contributed by atoms with Gasteiger partial charge in [-0.15, -0.1) is 0 Å². The Labute approximate surface area is 126 Å². The fraction of sp³-hybridized carbons (Fsp3) is 0.200. The van der Waals surface area contributed by atoms with Crippen molar-refractivity contribution in [1.29, 1.82) is 0 Å². The van der Waals surface area contributed by atoms with Crippen molar-refractivity contribution in [3.8, 4) is 0 Å². The highest BCUT2D eigenvalue weighted by Gasteiger charge is 2.05. The van der Waals surface area contributed by atoms with Gasteiger partial charge in [0.05, 0.1) is 12.6 Å². The zero-order chi connectivity index (χ0) is 14.5. The van der Waals surface area contributed by atoms with Crippen LogP contribution < -0.4 is 5.43 Å². The molecule has 4 nitrogen and oxygen atoms in total. The summed E-state index contributed by atoms with van der Waals surface area (Å²) < 4.78 is 5.86. The Balaban J connectivity index is 1.91. The van der Waals surface area contributed by atoms with E-state index in [-0.39, 0.29) is 5.91 Å². The number of nitrogens with zero attached hydrogens (tertiary/aromatic N) is 1. The van der Waals surface area contributed by atoms with Gasteiger partial charge in [-0.1, -0.05) is 23.8 Å². The first-order valence-electron chi connectivity index (χ1n) is 6.18. The third-order valence-electron chi connectivity index (χ3n) is 2.82. The number of hydrogen-bond donors (Lipinski definition) is 1. The van der Waals surface area contributed by atoms with Gasteiger partial charge in [-0.3, -0.25) is 4.79 Å². The Morgan fingerprint density at radius 3 is 2.80 bits per heavy atom. The molecule has 0 spiro atoms. The highest BCUT2D eigenvalue weighted by atomic mass is 79.9. The van der Waals surface area contributed by atoms with Crippen molar-refractivity contribution >= 4 is 28.1 Å². The molecule has 1 N–H and O–H groups in total. The van der Waals surface area contributed by atoms with Gasteiger partial charge in [-0.25, -0.2) is 5.43 Å². The molecular weight excluding hydrogens is 320 g/mol. The Morgan fingerprint density at radius 1 is 1.35 bits per heavy atom. The van der Waals surface area contributed by atoms with E-state index in [1.54, 1.807) is 12.1 Å². The molecule has 0 radical (unpaired) electrons. The third-order valence-corrected chi connectivity index (χ3v) is 3.25. The molecule has 2 aromatic rings. The van der Waals surface area contributed by atoms with Crippen LogP contribution in [0, 0.1) is 13.8 Å². The van der Waals surface area contributed by atoms with Gasteiger partial charge in [0, 0.05) is 0 Å². The van der Waals surface area contributed by atoms with Gasteiger partial charge < -0.3 is 4.42 Å². The summed E-state index contributed by atoms with van der Waals surface area (Å²) in [5.74, 6) is 0.419. The summed E-state index contributed by atoms with van der Waals surface area (Å²) in [4.78, 5) is 11.8. The van der Waals surface area contributed by atoms with Crippen LogP contribution in [0.3, 0.4) is 0 Å². The van der Waals surface area contributed by atoms with Crippen LogP contribution in [-0.2, 0) is 11.2 Å². The Kier molecular flexibility index (Phi) is 4.74. The molecule has 20 heavy (non-hydrogen) atoms. The van der Waals surface area contributed by atoms with Crippen molar-refractivity contribution in [3.05, 3.63) is 57.5 Å². The Bertz CT molecular complexity index is 647. The lowest BCUT2D eigenvalue weighted by Crippen LogP contribution is -2.20. The highest BCUT2D eigenvalue weighted by Crippen LogP contribution is 2.12. The summed E-state index contributed by atoms with van der Waals surface area (Å²) >= 11 is 3.20. The zero-order valence-electron chi connectivity index (χ0n) is 11.3. The molecule has 0 aliphatic carbocycles. The first kappa shape index (κ1) is 14.5. The van der Waals surface area contributed by atoms with E-state index in [1.165, 1.54) is 11.8 Å². The molecule has 0 aliphatic heterocycles. The van der Waals surface area contributed by atoms with Crippen LogP contribution in [0.15, 0.2) is 44.5 Å². The summed E-state index contributed by atoms with van der Waals surface area (Å²) in [5, 5.41) is 3.86. The van der Waals surface area contributed by atoms with Gasteiger partial charge in [0.25, 0.3) is 0 Å². The van der Waals surface area contributed by atoms with Crippen molar-refractivity contribution in [3.63, 3.8) is 0 Å². The number of hydrazone groups is 1. The van der Waals surface area contributed by atoms with E-state index in [0.29, 0.717) is 16.9 Å². The quantitative estimate of drug-likeness (QED) is 0.688. The maximum absolute atomic E-state index is 11.8. The lowest BCUT2D eigenvalue weighted by atomic mass is 10.0. The van der Waals surface area contributed by atoms with E-state index < -0.39 is 0 Å². The normalized spacial score (nSPS) is 10.9. The van der Waals surface area contributed by atoms with Crippen LogP contribution in [0.5, 0.6) is 0 Å². The van der Waals surface area contributed by atoms with Crippen LogP contribution in [0.4, 0.5) is 0 Å². The van der Waals surface area contributed by atoms with E-state index in [1.807, 2.05) is 26.0 Å². The lowest BCUT2D eigenvalue weighted by molar-refractivity contribution is -0.120.